The first-order valence-electron chi connectivity index (χ1n) is 7.18. The molecule has 1 aromatic rings. The third kappa shape index (κ3) is 1.58. The summed E-state index contributed by atoms with van der Waals surface area (Å²) in [6, 6.07) is 5.39. The van der Waals surface area contributed by atoms with Crippen LogP contribution in [0.2, 0.25) is 0 Å². The molecule has 112 valence electrons. The number of nitrogens with one attached hydrogen (secondary N) is 1. The molecular formula is C16H19BrN2O2. The van der Waals surface area contributed by atoms with Crippen LogP contribution in [0.15, 0.2) is 24.4 Å². The number of fused-ring (bicyclic) bond motifs is 2. The molecule has 1 aromatic heterocycles. The van der Waals surface area contributed by atoms with Crippen molar-refractivity contribution in [3.8, 4) is 0 Å². The number of carbonyl (C=O) groups is 2. The number of hydrogen-bond donors (Lipinski definition) is 1. The molecule has 5 heteroatoms. The summed E-state index contributed by atoms with van der Waals surface area (Å²) in [7, 11) is 0. The van der Waals surface area contributed by atoms with Crippen LogP contribution in [-0.4, -0.2) is 21.5 Å². The van der Waals surface area contributed by atoms with Gasteiger partial charge in [-0.15, -0.1) is 0 Å². The molecule has 1 heterocycles. The Bertz CT molecular complexity index is 616. The van der Waals surface area contributed by atoms with Crippen LogP contribution in [0, 0.1) is 16.2 Å². The molecule has 2 aliphatic carbocycles. The number of Topliss-reactive ketones (excluding diaryl/α,β-unsaturated/α-hetero) is 1. The van der Waals surface area contributed by atoms with Crippen LogP contribution >= 0.6 is 15.9 Å². The van der Waals surface area contributed by atoms with Crippen molar-refractivity contribution in [1.29, 1.82) is 0 Å². The average Bonchev–Trinajstić information content (AvgIpc) is 2.72. The lowest BCUT2D eigenvalue weighted by Crippen LogP contribution is -2.48. The lowest BCUT2D eigenvalue weighted by Gasteiger charge is -2.39. The maximum absolute atomic E-state index is 13.0. The zero-order valence-corrected chi connectivity index (χ0v) is 14.0. The highest BCUT2D eigenvalue weighted by Crippen LogP contribution is 2.72. The number of carbonyl (C=O) groups excluding carboxylic acids is 2. The largest absolute Gasteiger partial charge is 0.310 e. The van der Waals surface area contributed by atoms with E-state index in [1.807, 2.05) is 26.8 Å². The van der Waals surface area contributed by atoms with Crippen LogP contribution in [0.25, 0.3) is 0 Å². The summed E-state index contributed by atoms with van der Waals surface area (Å²) >= 11 is 3.51. The van der Waals surface area contributed by atoms with Gasteiger partial charge in [-0.05, 0) is 30.4 Å². The summed E-state index contributed by atoms with van der Waals surface area (Å²) < 4.78 is 0. The molecule has 3 rings (SSSR count). The predicted octanol–water partition coefficient (Wildman–Crippen LogP) is 3.18. The second-order valence-electron chi connectivity index (χ2n) is 6.82. The number of rotatable bonds is 2. The van der Waals surface area contributed by atoms with Crippen LogP contribution in [0.5, 0.6) is 0 Å². The molecule has 1 N–H and O–H groups in total. The smallest absolute Gasteiger partial charge is 0.233 e. The molecule has 3 atom stereocenters. The zero-order valence-electron chi connectivity index (χ0n) is 12.4. The van der Waals surface area contributed by atoms with E-state index in [2.05, 4.69) is 26.2 Å². The van der Waals surface area contributed by atoms with Gasteiger partial charge in [0, 0.05) is 11.6 Å². The number of amides is 1. The number of aromatic nitrogens is 1. The Morgan fingerprint density at radius 2 is 2.05 bits per heavy atom. The van der Waals surface area contributed by atoms with Crippen molar-refractivity contribution in [2.24, 2.45) is 16.2 Å². The molecule has 0 unspecified atom stereocenters. The molecule has 0 saturated heterocycles. The summed E-state index contributed by atoms with van der Waals surface area (Å²) in [4.78, 5) is 29.3. The van der Waals surface area contributed by atoms with E-state index in [1.54, 1.807) is 18.3 Å². The fraction of sp³-hybridized carbons (Fsp3) is 0.562. The summed E-state index contributed by atoms with van der Waals surface area (Å²) in [6.07, 6.45) is 3.12. The van der Waals surface area contributed by atoms with Gasteiger partial charge in [0.15, 0.2) is 5.78 Å². The number of nitrogens with zero attached hydrogens (tertiary/aromatic N) is 1. The minimum atomic E-state index is -0.712. The van der Waals surface area contributed by atoms with Gasteiger partial charge in [0.05, 0.1) is 10.2 Å². The van der Waals surface area contributed by atoms with E-state index >= 15 is 0 Å². The Hall–Kier alpha value is -1.23. The van der Waals surface area contributed by atoms with Crippen molar-refractivity contribution < 1.29 is 9.59 Å². The quantitative estimate of drug-likeness (QED) is 0.833. The van der Waals surface area contributed by atoms with Crippen LogP contribution in [0.3, 0.4) is 0 Å². The first-order chi connectivity index (χ1) is 9.77. The maximum atomic E-state index is 13.0. The van der Waals surface area contributed by atoms with Crippen LogP contribution in [0.4, 0.5) is 5.82 Å². The fourth-order valence-electron chi connectivity index (χ4n) is 4.12. The monoisotopic (exact) mass is 350 g/mol. The molecule has 4 nitrogen and oxygen atoms in total. The first kappa shape index (κ1) is 14.7. The fourth-order valence-corrected chi connectivity index (χ4v) is 5.63. The van der Waals surface area contributed by atoms with E-state index in [1.165, 1.54) is 0 Å². The number of ketones is 1. The Morgan fingerprint density at radius 1 is 1.33 bits per heavy atom. The molecule has 2 bridgehead atoms. The maximum Gasteiger partial charge on any atom is 0.233 e. The number of halogens is 1. The molecule has 2 fully saturated rings. The molecule has 0 aliphatic heterocycles. The summed E-state index contributed by atoms with van der Waals surface area (Å²) in [5, 5.41) is 2.89. The van der Waals surface area contributed by atoms with Gasteiger partial charge in [-0.25, -0.2) is 4.98 Å². The van der Waals surface area contributed by atoms with E-state index in [4.69, 9.17) is 0 Å². The normalized spacial score (nSPS) is 36.8. The lowest BCUT2D eigenvalue weighted by molar-refractivity contribution is -0.130. The first-order valence-corrected chi connectivity index (χ1v) is 8.10. The topological polar surface area (TPSA) is 59.1 Å². The molecule has 0 radical (unpaired) electrons. The minimum absolute atomic E-state index is 0.109. The van der Waals surface area contributed by atoms with Gasteiger partial charge in [-0.3, -0.25) is 9.59 Å². The van der Waals surface area contributed by atoms with Crippen LogP contribution in [-0.2, 0) is 9.59 Å². The Balaban J connectivity index is 2.00. The van der Waals surface area contributed by atoms with Gasteiger partial charge in [-0.2, -0.15) is 0 Å². The third-order valence-corrected chi connectivity index (χ3v) is 7.23. The summed E-state index contributed by atoms with van der Waals surface area (Å²) in [5.41, 5.74) is -1.54. The predicted molar refractivity (Wildman–Crippen MR) is 84.1 cm³/mol. The molecule has 0 spiro atoms. The van der Waals surface area contributed by atoms with Gasteiger partial charge in [-0.1, -0.05) is 42.8 Å². The number of alkyl halides is 1. The Kier molecular flexibility index (Phi) is 3.07. The highest BCUT2D eigenvalue weighted by Gasteiger charge is 2.76. The van der Waals surface area contributed by atoms with E-state index in [0.717, 1.165) is 12.8 Å². The Morgan fingerprint density at radius 3 is 2.57 bits per heavy atom. The van der Waals surface area contributed by atoms with E-state index in [9.17, 15) is 9.59 Å². The van der Waals surface area contributed by atoms with Crippen molar-refractivity contribution in [3.63, 3.8) is 0 Å². The van der Waals surface area contributed by atoms with Crippen molar-refractivity contribution >= 4 is 33.4 Å². The van der Waals surface area contributed by atoms with E-state index in [0.29, 0.717) is 5.82 Å². The molecule has 21 heavy (non-hydrogen) atoms. The summed E-state index contributed by atoms with van der Waals surface area (Å²) in [5.74, 6) is 0.567. The van der Waals surface area contributed by atoms with Crippen molar-refractivity contribution in [2.75, 3.05) is 5.32 Å². The second-order valence-corrected chi connectivity index (χ2v) is 7.74. The average molecular weight is 351 g/mol. The molecule has 0 aromatic carbocycles. The van der Waals surface area contributed by atoms with E-state index < -0.39 is 15.7 Å². The molecule has 1 amide bonds. The lowest BCUT2D eigenvalue weighted by atomic mass is 9.64. The molecule has 2 saturated carbocycles. The number of pyridine rings is 1. The van der Waals surface area contributed by atoms with Gasteiger partial charge >= 0.3 is 0 Å². The molecule has 2 aliphatic rings. The minimum Gasteiger partial charge on any atom is -0.310 e. The molecular weight excluding hydrogens is 332 g/mol. The van der Waals surface area contributed by atoms with Crippen molar-refractivity contribution in [2.45, 2.75) is 38.4 Å². The van der Waals surface area contributed by atoms with Crippen molar-refractivity contribution in [1.82, 2.24) is 4.98 Å². The third-order valence-electron chi connectivity index (χ3n) is 6.03. The number of hydrogen-bond acceptors (Lipinski definition) is 3. The SMILES string of the molecule is CC1(C)[C@]2(C)CC[C@@]1(C(=O)Nc1ccccn1)[C@H](Br)C2=O. The van der Waals surface area contributed by atoms with Gasteiger partial charge < -0.3 is 5.32 Å². The Labute approximate surface area is 132 Å². The standard InChI is InChI=1S/C16H19BrN2O2/c1-14(2)15(3)7-8-16(14,11(17)12(15)20)13(21)19-10-6-4-5-9-18-10/h4-6,9,11H,7-8H2,1-3H3,(H,18,19,21)/t11-,15-,16+/m1/s1. The summed E-state index contributed by atoms with van der Waals surface area (Å²) in [6.45, 7) is 6.07. The number of anilines is 1. The van der Waals surface area contributed by atoms with Gasteiger partial charge in [0.1, 0.15) is 5.82 Å². The van der Waals surface area contributed by atoms with Gasteiger partial charge in [0.25, 0.3) is 0 Å². The highest BCUT2D eigenvalue weighted by atomic mass is 79.9. The van der Waals surface area contributed by atoms with Crippen LogP contribution < -0.4 is 5.32 Å². The second kappa shape index (κ2) is 4.38. The van der Waals surface area contributed by atoms with Crippen molar-refractivity contribution in [3.05, 3.63) is 24.4 Å². The zero-order chi connectivity index (χ0) is 15.5. The highest BCUT2D eigenvalue weighted by molar-refractivity contribution is 9.10. The van der Waals surface area contributed by atoms with Gasteiger partial charge in [0.2, 0.25) is 5.91 Å². The van der Waals surface area contributed by atoms with Crippen LogP contribution in [0.1, 0.15) is 33.6 Å². The van der Waals surface area contributed by atoms with E-state index in [-0.39, 0.29) is 17.1 Å².